The first-order valence-corrected chi connectivity index (χ1v) is 12.8. The van der Waals surface area contributed by atoms with E-state index in [1.54, 1.807) is 49.0 Å². The quantitative estimate of drug-likeness (QED) is 0.388. The molecule has 2 aliphatic carbocycles. The van der Waals surface area contributed by atoms with Crippen LogP contribution in [0.3, 0.4) is 0 Å². The van der Waals surface area contributed by atoms with Crippen LogP contribution in [0.15, 0.2) is 117 Å². The van der Waals surface area contributed by atoms with Crippen LogP contribution in [0.1, 0.15) is 50.3 Å². The first-order valence-electron chi connectivity index (χ1n) is 12.8. The van der Waals surface area contributed by atoms with Gasteiger partial charge >= 0.3 is 0 Å². The molecule has 2 atom stereocenters. The Hall–Kier alpha value is -4.50. The Bertz CT molecular complexity index is 1400. The Labute approximate surface area is 249 Å². The van der Waals surface area contributed by atoms with Gasteiger partial charge in [0.15, 0.2) is 11.6 Å². The molecule has 2 amide bonds. The maximum atomic E-state index is 11.9. The van der Waals surface area contributed by atoms with E-state index in [-0.39, 0.29) is 54.9 Å². The standard InChI is InChI=1S/2C15H14N2O3.Zn/c2*1-10(18)17-13(15-7-4-8-20-15)9-12(16-17)11-5-2-3-6-14(11)19;/h2*2-8,13,16H,9H2,1H3;/b2*12-11-;. The number of allylic oxidation sites excluding steroid dienone is 10. The van der Waals surface area contributed by atoms with Crippen molar-refractivity contribution in [2.75, 3.05) is 0 Å². The maximum Gasteiger partial charge on any atom is 0.238 e. The number of hydrazine groups is 2. The van der Waals surface area contributed by atoms with E-state index in [9.17, 15) is 19.2 Å². The summed E-state index contributed by atoms with van der Waals surface area (Å²) in [4.78, 5) is 47.3. The van der Waals surface area contributed by atoms with Gasteiger partial charge in [-0.15, -0.1) is 0 Å². The third-order valence-corrected chi connectivity index (χ3v) is 6.78. The second kappa shape index (κ2) is 12.8. The number of nitrogens with zero attached hydrogens (tertiary/aromatic N) is 2. The molecule has 0 spiro atoms. The molecular weight excluding hydrogens is 578 g/mol. The minimum atomic E-state index is -0.225. The molecule has 0 radical (unpaired) electrons. The van der Waals surface area contributed by atoms with Crippen LogP contribution >= 0.6 is 0 Å². The molecule has 2 aromatic heterocycles. The summed E-state index contributed by atoms with van der Waals surface area (Å²) >= 11 is 0. The molecule has 11 heteroatoms. The largest absolute Gasteiger partial charge is 0.467 e. The van der Waals surface area contributed by atoms with Crippen molar-refractivity contribution in [1.82, 2.24) is 20.9 Å². The van der Waals surface area contributed by atoms with E-state index < -0.39 is 0 Å². The van der Waals surface area contributed by atoms with E-state index >= 15 is 0 Å². The summed E-state index contributed by atoms with van der Waals surface area (Å²) in [6.07, 6.45) is 17.8. The number of nitrogens with one attached hydrogen (secondary N) is 2. The molecule has 206 valence electrons. The fourth-order valence-electron chi connectivity index (χ4n) is 4.89. The predicted octanol–water partition coefficient (Wildman–Crippen LogP) is 4.05. The summed E-state index contributed by atoms with van der Waals surface area (Å²) in [5.41, 5.74) is 8.72. The van der Waals surface area contributed by atoms with Crippen molar-refractivity contribution in [2.45, 2.75) is 38.8 Å². The van der Waals surface area contributed by atoms with Crippen LogP contribution in [0.5, 0.6) is 0 Å². The molecule has 0 aromatic carbocycles. The first kappa shape index (κ1) is 29.5. The monoisotopic (exact) mass is 604 g/mol. The summed E-state index contributed by atoms with van der Waals surface area (Å²) in [5.74, 6) is 1.05. The minimum absolute atomic E-state index is 0. The number of carbonyl (C=O) groups is 4. The van der Waals surface area contributed by atoms with E-state index in [2.05, 4.69) is 10.9 Å². The summed E-state index contributed by atoms with van der Waals surface area (Å²) < 4.78 is 10.8. The summed E-state index contributed by atoms with van der Waals surface area (Å²) in [6, 6.07) is 6.78. The minimum Gasteiger partial charge on any atom is -0.467 e. The molecule has 4 aliphatic rings. The van der Waals surface area contributed by atoms with Crippen molar-refractivity contribution in [3.05, 3.63) is 119 Å². The maximum absolute atomic E-state index is 11.9. The number of hydrogen-bond acceptors (Lipinski definition) is 8. The van der Waals surface area contributed by atoms with Gasteiger partial charge in [-0.3, -0.25) is 30.0 Å². The number of ketones is 2. The molecule has 2 aromatic rings. The predicted molar refractivity (Wildman–Crippen MR) is 144 cm³/mol. The van der Waals surface area contributed by atoms with Gasteiger partial charge < -0.3 is 8.83 Å². The summed E-state index contributed by atoms with van der Waals surface area (Å²) in [6.45, 7) is 2.96. The Morgan fingerprint density at radius 2 is 1.10 bits per heavy atom. The van der Waals surface area contributed by atoms with Crippen molar-refractivity contribution < 1.29 is 47.5 Å². The van der Waals surface area contributed by atoms with Crippen molar-refractivity contribution in [3.8, 4) is 0 Å². The molecular formula is C30H28N4O6Zn. The number of amides is 2. The number of carbonyl (C=O) groups excluding carboxylic acids is 4. The van der Waals surface area contributed by atoms with Gasteiger partial charge in [0.25, 0.3) is 0 Å². The summed E-state index contributed by atoms with van der Waals surface area (Å²) in [5, 5.41) is 3.00. The molecule has 4 heterocycles. The number of rotatable bonds is 2. The first-order chi connectivity index (χ1) is 19.3. The number of hydrogen-bond donors (Lipinski definition) is 2. The normalized spacial score (nSPS) is 24.5. The molecule has 0 saturated carbocycles. The Morgan fingerprint density at radius 1 is 0.707 bits per heavy atom. The SMILES string of the molecule is CC(=O)N1N/C(=C2/C=CC=CC2=O)CC1c1ccco1.CC(=O)N1N/C(=C2/C=CC=CC2=O)CC1c1ccco1.[Zn]. The molecule has 2 fully saturated rings. The van der Waals surface area contributed by atoms with E-state index in [1.807, 2.05) is 24.3 Å². The van der Waals surface area contributed by atoms with Crippen LogP contribution in [0.25, 0.3) is 0 Å². The topological polar surface area (TPSA) is 125 Å². The molecule has 6 rings (SSSR count). The smallest absolute Gasteiger partial charge is 0.238 e. The van der Waals surface area contributed by atoms with Gasteiger partial charge in [0.2, 0.25) is 11.8 Å². The zero-order valence-electron chi connectivity index (χ0n) is 22.7. The zero-order valence-corrected chi connectivity index (χ0v) is 25.7. The zero-order chi connectivity index (χ0) is 28.2. The third-order valence-electron chi connectivity index (χ3n) is 6.78. The second-order valence-corrected chi connectivity index (χ2v) is 9.42. The molecule has 2 N–H and O–H groups in total. The Kier molecular flexibility index (Phi) is 9.19. The van der Waals surface area contributed by atoms with E-state index in [1.165, 1.54) is 36.0 Å². The fourth-order valence-corrected chi connectivity index (χ4v) is 4.89. The van der Waals surface area contributed by atoms with Gasteiger partial charge in [-0.25, -0.2) is 10.0 Å². The van der Waals surface area contributed by atoms with Crippen molar-refractivity contribution in [1.29, 1.82) is 0 Å². The molecule has 10 nitrogen and oxygen atoms in total. The van der Waals surface area contributed by atoms with Gasteiger partial charge in [0.1, 0.15) is 23.6 Å². The van der Waals surface area contributed by atoms with Crippen LogP contribution in [0.2, 0.25) is 0 Å². The van der Waals surface area contributed by atoms with E-state index in [0.29, 0.717) is 35.5 Å². The van der Waals surface area contributed by atoms with Crippen molar-refractivity contribution in [3.63, 3.8) is 0 Å². The van der Waals surface area contributed by atoms with Crippen molar-refractivity contribution in [2.24, 2.45) is 0 Å². The van der Waals surface area contributed by atoms with E-state index in [0.717, 1.165) is 11.4 Å². The molecule has 2 saturated heterocycles. The van der Waals surface area contributed by atoms with Crippen LogP contribution in [-0.4, -0.2) is 33.4 Å². The van der Waals surface area contributed by atoms with Crippen LogP contribution in [-0.2, 0) is 38.7 Å². The van der Waals surface area contributed by atoms with Gasteiger partial charge in [-0.2, -0.15) is 0 Å². The molecule has 41 heavy (non-hydrogen) atoms. The van der Waals surface area contributed by atoms with Gasteiger partial charge in [-0.1, -0.05) is 24.3 Å². The van der Waals surface area contributed by atoms with Gasteiger partial charge in [0, 0.05) is 68.7 Å². The average Bonchev–Trinajstić information content (AvgIpc) is 3.74. The Balaban J connectivity index is 0.000000184. The number of furan rings is 2. The molecule has 2 aliphatic heterocycles. The van der Waals surface area contributed by atoms with Gasteiger partial charge in [0.05, 0.1) is 12.5 Å². The van der Waals surface area contributed by atoms with Crippen molar-refractivity contribution >= 4 is 23.4 Å². The van der Waals surface area contributed by atoms with Crippen LogP contribution in [0, 0.1) is 0 Å². The second-order valence-electron chi connectivity index (χ2n) is 9.42. The molecule has 0 bridgehead atoms. The van der Waals surface area contributed by atoms with Crippen LogP contribution < -0.4 is 10.9 Å². The fraction of sp³-hybridized carbons (Fsp3) is 0.200. The summed E-state index contributed by atoms with van der Waals surface area (Å²) in [7, 11) is 0. The average molecular weight is 606 g/mol. The molecule has 2 unspecified atom stereocenters. The third kappa shape index (κ3) is 6.30. The Morgan fingerprint density at radius 3 is 1.41 bits per heavy atom. The van der Waals surface area contributed by atoms with E-state index in [4.69, 9.17) is 8.83 Å². The van der Waals surface area contributed by atoms with Gasteiger partial charge in [-0.05, 0) is 48.6 Å². The van der Waals surface area contributed by atoms with Crippen LogP contribution in [0.4, 0.5) is 0 Å².